The first-order valence-corrected chi connectivity index (χ1v) is 8.39. The number of thioether (sulfide) groups is 1. The Morgan fingerprint density at radius 2 is 2.19 bits per heavy atom. The van der Waals surface area contributed by atoms with Gasteiger partial charge in [-0.3, -0.25) is 4.90 Å². The average molecular weight is 310 g/mol. The molecular weight excluding hydrogens is 288 g/mol. The first-order valence-electron chi connectivity index (χ1n) is 7.16. The first kappa shape index (κ1) is 16.1. The maximum Gasteiger partial charge on any atom is 0.338 e. The van der Waals surface area contributed by atoms with E-state index in [0.29, 0.717) is 11.3 Å². The van der Waals surface area contributed by atoms with Crippen LogP contribution in [0.25, 0.3) is 0 Å². The summed E-state index contributed by atoms with van der Waals surface area (Å²) in [5.74, 6) is -0.879. The lowest BCUT2D eigenvalue weighted by molar-refractivity contribution is 0.0378. The van der Waals surface area contributed by atoms with Gasteiger partial charge in [-0.1, -0.05) is 6.07 Å². The third kappa shape index (κ3) is 4.62. The predicted molar refractivity (Wildman–Crippen MR) is 85.5 cm³/mol. The van der Waals surface area contributed by atoms with Crippen LogP contribution in [0.5, 0.6) is 0 Å². The molecule has 0 amide bonds. The number of morpholine rings is 1. The van der Waals surface area contributed by atoms with Gasteiger partial charge in [0.1, 0.15) is 0 Å². The monoisotopic (exact) mass is 310 g/mol. The van der Waals surface area contributed by atoms with Crippen molar-refractivity contribution in [3.05, 3.63) is 23.8 Å². The molecule has 0 aliphatic carbocycles. The smallest absolute Gasteiger partial charge is 0.338 e. The molecule has 0 atom stereocenters. The summed E-state index contributed by atoms with van der Waals surface area (Å²) in [6, 6.07) is 5.56. The van der Waals surface area contributed by atoms with Crippen molar-refractivity contribution < 1.29 is 14.6 Å². The van der Waals surface area contributed by atoms with E-state index >= 15 is 0 Å². The van der Waals surface area contributed by atoms with Crippen molar-refractivity contribution in [3.63, 3.8) is 0 Å². The maximum absolute atomic E-state index is 11.4. The average Bonchev–Trinajstić information content (AvgIpc) is 2.52. The highest BCUT2D eigenvalue weighted by atomic mass is 32.2. The molecule has 116 valence electrons. The van der Waals surface area contributed by atoms with Crippen molar-refractivity contribution in [3.8, 4) is 0 Å². The van der Waals surface area contributed by atoms with Crippen molar-refractivity contribution in [1.29, 1.82) is 0 Å². The van der Waals surface area contributed by atoms with Crippen LogP contribution in [-0.4, -0.2) is 61.6 Å². The van der Waals surface area contributed by atoms with Gasteiger partial charge < -0.3 is 15.2 Å². The van der Waals surface area contributed by atoms with Crippen LogP contribution in [0.1, 0.15) is 16.8 Å². The van der Waals surface area contributed by atoms with Crippen LogP contribution in [0.2, 0.25) is 0 Å². The Morgan fingerprint density at radius 3 is 2.86 bits per heavy atom. The number of carbonyl (C=O) groups is 1. The molecule has 5 nitrogen and oxygen atoms in total. The lowest BCUT2D eigenvalue weighted by Gasteiger charge is -2.26. The number of carboxylic acid groups (broad SMARTS) is 1. The van der Waals surface area contributed by atoms with Gasteiger partial charge in [0.25, 0.3) is 0 Å². The van der Waals surface area contributed by atoms with Gasteiger partial charge in [0.2, 0.25) is 0 Å². The van der Waals surface area contributed by atoms with E-state index < -0.39 is 5.97 Å². The second-order valence-corrected chi connectivity index (χ2v) is 5.77. The fourth-order valence-corrected chi connectivity index (χ4v) is 3.04. The molecule has 1 heterocycles. The van der Waals surface area contributed by atoms with Crippen molar-refractivity contribution in [1.82, 2.24) is 4.90 Å². The second-order valence-electron chi connectivity index (χ2n) is 4.92. The van der Waals surface area contributed by atoms with E-state index in [-0.39, 0.29) is 0 Å². The van der Waals surface area contributed by atoms with Crippen LogP contribution in [0.4, 0.5) is 5.69 Å². The van der Waals surface area contributed by atoms with E-state index in [0.717, 1.165) is 50.7 Å². The van der Waals surface area contributed by atoms with E-state index in [9.17, 15) is 9.90 Å². The number of hydrogen-bond donors (Lipinski definition) is 2. The first-order chi connectivity index (χ1) is 10.2. The Balaban J connectivity index is 1.86. The maximum atomic E-state index is 11.4. The van der Waals surface area contributed by atoms with Crippen LogP contribution in [-0.2, 0) is 4.74 Å². The molecule has 0 saturated carbocycles. The van der Waals surface area contributed by atoms with E-state index in [1.54, 1.807) is 0 Å². The molecule has 0 unspecified atom stereocenters. The number of nitrogens with zero attached hydrogens (tertiary/aromatic N) is 1. The highest BCUT2D eigenvalue weighted by Crippen LogP contribution is 2.27. The molecule has 21 heavy (non-hydrogen) atoms. The molecule has 1 aliphatic heterocycles. The number of hydrogen-bond acceptors (Lipinski definition) is 5. The summed E-state index contributed by atoms with van der Waals surface area (Å²) in [6.45, 7) is 5.39. The van der Waals surface area contributed by atoms with Gasteiger partial charge in [0.15, 0.2) is 0 Å². The Labute approximate surface area is 129 Å². The molecule has 0 bridgehead atoms. The van der Waals surface area contributed by atoms with Gasteiger partial charge in [-0.25, -0.2) is 4.79 Å². The van der Waals surface area contributed by atoms with Gasteiger partial charge in [0.05, 0.1) is 18.8 Å². The molecule has 2 N–H and O–H groups in total. The zero-order valence-corrected chi connectivity index (χ0v) is 13.1. The minimum atomic E-state index is -0.879. The summed E-state index contributed by atoms with van der Waals surface area (Å²) < 4.78 is 5.32. The molecule has 6 heteroatoms. The van der Waals surface area contributed by atoms with Crippen LogP contribution in [0.15, 0.2) is 23.1 Å². The van der Waals surface area contributed by atoms with Gasteiger partial charge in [-0.2, -0.15) is 0 Å². The molecule has 0 radical (unpaired) electrons. The van der Waals surface area contributed by atoms with Crippen molar-refractivity contribution in [2.24, 2.45) is 0 Å². The number of ether oxygens (including phenoxy) is 1. The second kappa shape index (κ2) is 8.26. The van der Waals surface area contributed by atoms with E-state index in [1.807, 2.05) is 24.5 Å². The number of rotatable bonds is 7. The molecule has 2 rings (SSSR count). The van der Waals surface area contributed by atoms with E-state index in [2.05, 4.69) is 10.2 Å². The molecule has 0 spiro atoms. The Bertz CT molecular complexity index is 476. The highest BCUT2D eigenvalue weighted by molar-refractivity contribution is 7.98. The number of anilines is 1. The molecule has 1 aromatic carbocycles. The predicted octanol–water partition coefficient (Wildman–Crippen LogP) is 2.24. The van der Waals surface area contributed by atoms with Crippen molar-refractivity contribution in [2.75, 3.05) is 51.0 Å². The standard InChI is InChI=1S/C15H22N2O3S/c1-21-13-5-2-4-12(14(13)15(18)19)16-6-3-7-17-8-10-20-11-9-17/h2,4-5,16H,3,6-11H2,1H3,(H,18,19). The van der Waals surface area contributed by atoms with E-state index in [4.69, 9.17) is 4.74 Å². The van der Waals surface area contributed by atoms with Gasteiger partial charge in [0, 0.05) is 30.2 Å². The SMILES string of the molecule is CSc1cccc(NCCCN2CCOCC2)c1C(=O)O. The normalized spacial score (nSPS) is 15.9. The lowest BCUT2D eigenvalue weighted by atomic mass is 10.1. The molecule has 1 fully saturated rings. The topological polar surface area (TPSA) is 61.8 Å². The number of nitrogens with one attached hydrogen (secondary N) is 1. The van der Waals surface area contributed by atoms with Crippen LogP contribution in [0.3, 0.4) is 0 Å². The zero-order valence-electron chi connectivity index (χ0n) is 12.3. The van der Waals surface area contributed by atoms with Crippen LogP contribution >= 0.6 is 11.8 Å². The summed E-state index contributed by atoms with van der Waals surface area (Å²) >= 11 is 1.46. The highest BCUT2D eigenvalue weighted by Gasteiger charge is 2.15. The number of benzene rings is 1. The molecule has 1 saturated heterocycles. The van der Waals surface area contributed by atoms with Crippen molar-refractivity contribution in [2.45, 2.75) is 11.3 Å². The van der Waals surface area contributed by atoms with Crippen molar-refractivity contribution >= 4 is 23.4 Å². The summed E-state index contributed by atoms with van der Waals surface area (Å²) in [7, 11) is 0. The van der Waals surface area contributed by atoms with E-state index in [1.165, 1.54) is 11.8 Å². The number of aromatic carboxylic acids is 1. The third-order valence-corrected chi connectivity index (χ3v) is 4.31. The Hall–Kier alpha value is -1.24. The summed E-state index contributed by atoms with van der Waals surface area (Å²) in [4.78, 5) is 14.6. The summed E-state index contributed by atoms with van der Waals surface area (Å²) in [5, 5.41) is 12.6. The fourth-order valence-electron chi connectivity index (χ4n) is 2.42. The molecule has 0 aromatic heterocycles. The fraction of sp³-hybridized carbons (Fsp3) is 0.533. The zero-order chi connectivity index (χ0) is 15.1. The quantitative estimate of drug-likeness (QED) is 0.595. The number of carboxylic acids is 1. The summed E-state index contributed by atoms with van der Waals surface area (Å²) in [6.07, 6.45) is 2.88. The third-order valence-electron chi connectivity index (χ3n) is 3.53. The van der Waals surface area contributed by atoms with Crippen LogP contribution in [0, 0.1) is 0 Å². The van der Waals surface area contributed by atoms with Gasteiger partial charge in [-0.05, 0) is 31.4 Å². The lowest BCUT2D eigenvalue weighted by Crippen LogP contribution is -2.37. The molecule has 1 aromatic rings. The molecule has 1 aliphatic rings. The Morgan fingerprint density at radius 1 is 1.43 bits per heavy atom. The van der Waals surface area contributed by atoms with Gasteiger partial charge >= 0.3 is 5.97 Å². The Kier molecular flexibility index (Phi) is 6.35. The summed E-state index contributed by atoms with van der Waals surface area (Å²) in [5.41, 5.74) is 1.08. The largest absolute Gasteiger partial charge is 0.478 e. The minimum absolute atomic E-state index is 0.372. The molecular formula is C15H22N2O3S. The van der Waals surface area contributed by atoms with Crippen LogP contribution < -0.4 is 5.32 Å². The van der Waals surface area contributed by atoms with Gasteiger partial charge in [-0.15, -0.1) is 11.8 Å². The minimum Gasteiger partial charge on any atom is -0.478 e.